The quantitative estimate of drug-likeness (QED) is 0.808. The fourth-order valence-corrected chi connectivity index (χ4v) is 3.18. The smallest absolute Gasteiger partial charge is 0.254 e. The van der Waals surface area contributed by atoms with Crippen LogP contribution >= 0.6 is 0 Å². The van der Waals surface area contributed by atoms with Gasteiger partial charge < -0.3 is 10.2 Å². The van der Waals surface area contributed by atoms with Gasteiger partial charge in [0.05, 0.1) is 4.90 Å². The molecule has 0 spiro atoms. The van der Waals surface area contributed by atoms with Crippen LogP contribution in [0.5, 0.6) is 0 Å². The first-order chi connectivity index (χ1) is 9.30. The maximum absolute atomic E-state index is 12.4. The molecule has 1 atom stereocenters. The minimum atomic E-state index is -3.75. The second-order valence-corrected chi connectivity index (χ2v) is 6.61. The van der Waals surface area contributed by atoms with Crippen LogP contribution in [0.2, 0.25) is 0 Å². The van der Waals surface area contributed by atoms with E-state index in [2.05, 4.69) is 5.32 Å². The summed E-state index contributed by atoms with van der Waals surface area (Å²) in [5.41, 5.74) is 0.977. The second-order valence-electron chi connectivity index (χ2n) is 5.08. The summed E-state index contributed by atoms with van der Waals surface area (Å²) in [6.07, 6.45) is 0. The third-order valence-electron chi connectivity index (χ3n) is 3.49. The van der Waals surface area contributed by atoms with E-state index in [1.807, 2.05) is 6.92 Å². The lowest BCUT2D eigenvalue weighted by atomic mass is 10.1. The van der Waals surface area contributed by atoms with Gasteiger partial charge >= 0.3 is 0 Å². The van der Waals surface area contributed by atoms with Crippen molar-refractivity contribution < 1.29 is 13.2 Å². The number of carbonyl (C=O) groups is 1. The van der Waals surface area contributed by atoms with Gasteiger partial charge in [-0.3, -0.25) is 4.79 Å². The van der Waals surface area contributed by atoms with Crippen LogP contribution in [0.3, 0.4) is 0 Å². The Morgan fingerprint density at radius 2 is 2.15 bits per heavy atom. The molecule has 6 nitrogen and oxygen atoms in total. The molecular formula is C13H19N3O3S. The molecule has 1 amide bonds. The average Bonchev–Trinajstić information content (AvgIpc) is 2.37. The Hall–Kier alpha value is -1.44. The summed E-state index contributed by atoms with van der Waals surface area (Å²) in [4.78, 5) is 14.3. The van der Waals surface area contributed by atoms with Crippen molar-refractivity contribution in [3.8, 4) is 0 Å². The highest BCUT2D eigenvalue weighted by Crippen LogP contribution is 2.17. The summed E-state index contributed by atoms with van der Waals surface area (Å²) >= 11 is 0. The van der Waals surface area contributed by atoms with Crippen molar-refractivity contribution in [2.75, 3.05) is 19.6 Å². The maximum Gasteiger partial charge on any atom is 0.254 e. The maximum atomic E-state index is 12.4. The van der Waals surface area contributed by atoms with Gasteiger partial charge in [-0.1, -0.05) is 0 Å². The summed E-state index contributed by atoms with van der Waals surface area (Å²) in [6, 6.07) is 4.61. The molecule has 1 aliphatic heterocycles. The van der Waals surface area contributed by atoms with Crippen molar-refractivity contribution >= 4 is 15.9 Å². The SMILES string of the molecule is Cc1cc(C(=O)N2CCNCC2C)ccc1S(N)(=O)=O. The van der Waals surface area contributed by atoms with Crippen molar-refractivity contribution in [1.82, 2.24) is 10.2 Å². The molecule has 1 unspecified atom stereocenters. The van der Waals surface area contributed by atoms with E-state index in [9.17, 15) is 13.2 Å². The molecule has 0 radical (unpaired) electrons. The number of hydrogen-bond acceptors (Lipinski definition) is 4. The molecule has 1 aromatic rings. The van der Waals surface area contributed by atoms with Gasteiger partial charge in [0.1, 0.15) is 0 Å². The number of nitrogens with one attached hydrogen (secondary N) is 1. The normalized spacial score (nSPS) is 19.9. The van der Waals surface area contributed by atoms with Crippen molar-refractivity contribution in [3.63, 3.8) is 0 Å². The average molecular weight is 297 g/mol. The lowest BCUT2D eigenvalue weighted by Gasteiger charge is -2.34. The minimum Gasteiger partial charge on any atom is -0.333 e. The van der Waals surface area contributed by atoms with E-state index >= 15 is 0 Å². The number of benzene rings is 1. The van der Waals surface area contributed by atoms with E-state index < -0.39 is 10.0 Å². The number of amides is 1. The fourth-order valence-electron chi connectivity index (χ4n) is 2.41. The third-order valence-corrected chi connectivity index (χ3v) is 4.56. The molecule has 0 saturated carbocycles. The molecule has 110 valence electrons. The predicted molar refractivity (Wildman–Crippen MR) is 75.9 cm³/mol. The minimum absolute atomic E-state index is 0.0578. The molecule has 2 rings (SSSR count). The number of piperazine rings is 1. The molecule has 1 fully saturated rings. The van der Waals surface area contributed by atoms with Crippen LogP contribution in [-0.4, -0.2) is 44.9 Å². The van der Waals surface area contributed by atoms with Gasteiger partial charge in [-0.25, -0.2) is 13.6 Å². The molecule has 3 N–H and O–H groups in total. The molecule has 0 aromatic heterocycles. The zero-order valence-corrected chi connectivity index (χ0v) is 12.4. The molecular weight excluding hydrogens is 278 g/mol. The number of primary sulfonamides is 1. The number of nitrogens with zero attached hydrogens (tertiary/aromatic N) is 1. The Balaban J connectivity index is 2.30. The molecule has 7 heteroatoms. The van der Waals surface area contributed by atoms with Crippen molar-refractivity contribution in [2.24, 2.45) is 5.14 Å². The van der Waals surface area contributed by atoms with Crippen LogP contribution in [0.25, 0.3) is 0 Å². The van der Waals surface area contributed by atoms with Gasteiger partial charge in [-0.2, -0.15) is 0 Å². The highest BCUT2D eigenvalue weighted by molar-refractivity contribution is 7.89. The zero-order valence-electron chi connectivity index (χ0n) is 11.6. The number of hydrogen-bond donors (Lipinski definition) is 2. The van der Waals surface area contributed by atoms with Crippen LogP contribution in [0.15, 0.2) is 23.1 Å². The summed E-state index contributed by atoms with van der Waals surface area (Å²) < 4.78 is 22.7. The summed E-state index contributed by atoms with van der Waals surface area (Å²) in [5.74, 6) is -0.0805. The number of sulfonamides is 1. The van der Waals surface area contributed by atoms with E-state index in [0.29, 0.717) is 17.7 Å². The zero-order chi connectivity index (χ0) is 14.9. The van der Waals surface area contributed by atoms with Gasteiger partial charge in [0, 0.05) is 31.2 Å². The number of carbonyl (C=O) groups excluding carboxylic acids is 1. The van der Waals surface area contributed by atoms with Crippen LogP contribution < -0.4 is 10.5 Å². The highest BCUT2D eigenvalue weighted by Gasteiger charge is 2.24. The summed E-state index contributed by atoms with van der Waals surface area (Å²) in [7, 11) is -3.75. The topological polar surface area (TPSA) is 92.5 Å². The summed E-state index contributed by atoms with van der Waals surface area (Å²) in [6.45, 7) is 5.80. The van der Waals surface area contributed by atoms with Gasteiger partial charge in [0.2, 0.25) is 10.0 Å². The lowest BCUT2D eigenvalue weighted by molar-refractivity contribution is 0.0655. The van der Waals surface area contributed by atoms with Crippen LogP contribution in [-0.2, 0) is 10.0 Å². The molecule has 1 saturated heterocycles. The fraction of sp³-hybridized carbons (Fsp3) is 0.462. The largest absolute Gasteiger partial charge is 0.333 e. The van der Waals surface area contributed by atoms with Crippen molar-refractivity contribution in [3.05, 3.63) is 29.3 Å². The van der Waals surface area contributed by atoms with E-state index in [-0.39, 0.29) is 16.8 Å². The van der Waals surface area contributed by atoms with E-state index in [0.717, 1.165) is 13.1 Å². The van der Waals surface area contributed by atoms with E-state index in [1.165, 1.54) is 12.1 Å². The molecule has 0 bridgehead atoms. The van der Waals surface area contributed by atoms with Gasteiger partial charge in [0.15, 0.2) is 0 Å². The molecule has 20 heavy (non-hydrogen) atoms. The number of aryl methyl sites for hydroxylation is 1. The molecule has 1 aromatic carbocycles. The standard InChI is InChI=1S/C13H19N3O3S/c1-9-7-11(3-4-12(9)20(14,18)19)13(17)16-6-5-15-8-10(16)2/h3-4,7,10,15H,5-6,8H2,1-2H3,(H2,14,18,19). The van der Waals surface area contributed by atoms with Crippen LogP contribution in [0.4, 0.5) is 0 Å². The first-order valence-electron chi connectivity index (χ1n) is 6.46. The highest BCUT2D eigenvalue weighted by atomic mass is 32.2. The Morgan fingerprint density at radius 3 is 2.70 bits per heavy atom. The Bertz CT molecular complexity index is 628. The Kier molecular flexibility index (Phi) is 4.12. The Morgan fingerprint density at radius 1 is 1.45 bits per heavy atom. The lowest BCUT2D eigenvalue weighted by Crippen LogP contribution is -2.52. The number of rotatable bonds is 2. The Labute approximate surface area is 119 Å². The van der Waals surface area contributed by atoms with E-state index in [1.54, 1.807) is 17.9 Å². The third kappa shape index (κ3) is 3.00. The molecule has 1 heterocycles. The second kappa shape index (κ2) is 5.51. The van der Waals surface area contributed by atoms with Gasteiger partial charge in [0.25, 0.3) is 5.91 Å². The monoisotopic (exact) mass is 297 g/mol. The van der Waals surface area contributed by atoms with Crippen molar-refractivity contribution in [2.45, 2.75) is 24.8 Å². The predicted octanol–water partition coefficient (Wildman–Crippen LogP) is 0.0763. The van der Waals surface area contributed by atoms with Crippen LogP contribution in [0, 0.1) is 6.92 Å². The first-order valence-corrected chi connectivity index (χ1v) is 8.00. The van der Waals surface area contributed by atoms with Gasteiger partial charge in [-0.05, 0) is 37.6 Å². The summed E-state index contributed by atoms with van der Waals surface area (Å²) in [5, 5.41) is 8.34. The molecule has 1 aliphatic rings. The van der Waals surface area contributed by atoms with Crippen molar-refractivity contribution in [1.29, 1.82) is 0 Å². The van der Waals surface area contributed by atoms with Crippen LogP contribution in [0.1, 0.15) is 22.8 Å². The van der Waals surface area contributed by atoms with E-state index in [4.69, 9.17) is 5.14 Å². The number of nitrogens with two attached hydrogens (primary N) is 1. The van der Waals surface area contributed by atoms with Gasteiger partial charge in [-0.15, -0.1) is 0 Å². The molecule has 0 aliphatic carbocycles. The first kappa shape index (κ1) is 15.0.